The third kappa shape index (κ3) is 6.47. The Hall–Kier alpha value is -4.08. The molecule has 34 heavy (non-hydrogen) atoms. The molecule has 0 atom stereocenters. The first-order valence-electron chi connectivity index (χ1n) is 10.3. The van der Waals surface area contributed by atoms with E-state index in [4.69, 9.17) is 21.1 Å². The summed E-state index contributed by atoms with van der Waals surface area (Å²) >= 11 is 5.87. The summed E-state index contributed by atoms with van der Waals surface area (Å²) in [5, 5.41) is 12.8. The predicted molar refractivity (Wildman–Crippen MR) is 131 cm³/mol. The SMILES string of the molecule is C=CCc1cc(/C=C(\C#N)C(=O)Nc2ccc(Cl)cc2)cc(OC)c1OCc1ccc(F)cc1. The molecule has 0 aliphatic rings. The maximum atomic E-state index is 13.2. The van der Waals surface area contributed by atoms with Crippen molar-refractivity contribution in [3.63, 3.8) is 0 Å². The highest BCUT2D eigenvalue weighted by Gasteiger charge is 2.15. The fourth-order valence-electron chi connectivity index (χ4n) is 3.17. The highest BCUT2D eigenvalue weighted by Crippen LogP contribution is 2.35. The van der Waals surface area contributed by atoms with E-state index in [1.807, 2.05) is 6.07 Å². The lowest BCUT2D eigenvalue weighted by Gasteiger charge is -2.16. The second kappa shape index (κ2) is 11.7. The molecule has 0 unspecified atom stereocenters. The van der Waals surface area contributed by atoms with Crippen molar-refractivity contribution in [1.82, 2.24) is 0 Å². The summed E-state index contributed by atoms with van der Waals surface area (Å²) < 4.78 is 24.7. The molecule has 1 N–H and O–H groups in total. The van der Waals surface area contributed by atoms with Crippen LogP contribution < -0.4 is 14.8 Å². The van der Waals surface area contributed by atoms with Crippen LogP contribution in [0, 0.1) is 17.1 Å². The number of hydrogen-bond acceptors (Lipinski definition) is 4. The number of carbonyl (C=O) groups is 1. The molecule has 0 aliphatic heterocycles. The minimum atomic E-state index is -0.550. The zero-order valence-electron chi connectivity index (χ0n) is 18.5. The van der Waals surface area contributed by atoms with Gasteiger partial charge in [0.2, 0.25) is 0 Å². The van der Waals surface area contributed by atoms with Crippen molar-refractivity contribution in [2.24, 2.45) is 0 Å². The average molecular weight is 477 g/mol. The van der Waals surface area contributed by atoms with E-state index in [1.165, 1.54) is 25.3 Å². The molecule has 7 heteroatoms. The maximum absolute atomic E-state index is 13.2. The molecule has 0 bridgehead atoms. The number of amides is 1. The summed E-state index contributed by atoms with van der Waals surface area (Å²) in [5.41, 5.74) is 2.58. The Labute approximate surface area is 202 Å². The van der Waals surface area contributed by atoms with E-state index in [0.29, 0.717) is 34.2 Å². The van der Waals surface area contributed by atoms with Crippen LogP contribution in [0.3, 0.4) is 0 Å². The number of benzene rings is 3. The minimum Gasteiger partial charge on any atom is -0.493 e. The van der Waals surface area contributed by atoms with Crippen LogP contribution in [0.5, 0.6) is 11.5 Å². The van der Waals surface area contributed by atoms with Gasteiger partial charge in [-0.15, -0.1) is 6.58 Å². The molecule has 1 amide bonds. The number of carbonyl (C=O) groups excluding carboxylic acids is 1. The Morgan fingerprint density at radius 1 is 1.18 bits per heavy atom. The van der Waals surface area contributed by atoms with Crippen LogP contribution in [0.15, 0.2) is 78.9 Å². The van der Waals surface area contributed by atoms with Gasteiger partial charge >= 0.3 is 0 Å². The molecule has 5 nitrogen and oxygen atoms in total. The Morgan fingerprint density at radius 2 is 1.88 bits per heavy atom. The fourth-order valence-corrected chi connectivity index (χ4v) is 3.30. The molecule has 3 aromatic carbocycles. The molecule has 0 heterocycles. The van der Waals surface area contributed by atoms with Gasteiger partial charge in [-0.1, -0.05) is 29.8 Å². The van der Waals surface area contributed by atoms with E-state index >= 15 is 0 Å². The molecule has 3 rings (SSSR count). The molecule has 0 saturated carbocycles. The van der Waals surface area contributed by atoms with E-state index in [-0.39, 0.29) is 18.0 Å². The van der Waals surface area contributed by atoms with Gasteiger partial charge in [0, 0.05) is 16.3 Å². The van der Waals surface area contributed by atoms with E-state index in [2.05, 4.69) is 11.9 Å². The quantitative estimate of drug-likeness (QED) is 0.222. The van der Waals surface area contributed by atoms with E-state index < -0.39 is 5.91 Å². The number of halogens is 2. The normalized spacial score (nSPS) is 10.8. The smallest absolute Gasteiger partial charge is 0.266 e. The van der Waals surface area contributed by atoms with E-state index in [0.717, 1.165) is 11.1 Å². The number of allylic oxidation sites excluding steroid dienone is 1. The lowest BCUT2D eigenvalue weighted by Crippen LogP contribution is -2.13. The minimum absolute atomic E-state index is 0.0819. The number of hydrogen-bond donors (Lipinski definition) is 1. The first kappa shape index (κ1) is 24.6. The molecule has 0 saturated heterocycles. The highest BCUT2D eigenvalue weighted by atomic mass is 35.5. The average Bonchev–Trinajstić information content (AvgIpc) is 2.84. The standard InChI is InChI=1S/C27H22ClFN2O3/c1-3-4-20-13-19(14-21(16-30)27(32)31-24-11-7-22(28)8-12-24)15-25(33-2)26(20)34-17-18-5-9-23(29)10-6-18/h3,5-15H,1,4,17H2,2H3,(H,31,32)/b21-14+. The van der Waals surface area contributed by atoms with Gasteiger partial charge in [0.05, 0.1) is 7.11 Å². The van der Waals surface area contributed by atoms with Crippen LogP contribution >= 0.6 is 11.6 Å². The van der Waals surface area contributed by atoms with Crippen molar-refractivity contribution in [3.8, 4) is 17.6 Å². The van der Waals surface area contributed by atoms with Gasteiger partial charge in [0.1, 0.15) is 24.1 Å². The van der Waals surface area contributed by atoms with Gasteiger partial charge in [-0.25, -0.2) is 4.39 Å². The third-order valence-corrected chi connectivity index (χ3v) is 5.06. The summed E-state index contributed by atoms with van der Waals surface area (Å²) in [6.45, 7) is 4.00. The van der Waals surface area contributed by atoms with Gasteiger partial charge in [0.15, 0.2) is 11.5 Å². The summed E-state index contributed by atoms with van der Waals surface area (Å²) in [7, 11) is 1.50. The Kier molecular flexibility index (Phi) is 8.44. The molecule has 0 aromatic heterocycles. The van der Waals surface area contributed by atoms with Gasteiger partial charge in [0.25, 0.3) is 5.91 Å². The molecule has 3 aromatic rings. The van der Waals surface area contributed by atoms with Crippen molar-refractivity contribution >= 4 is 29.3 Å². The Balaban J connectivity index is 1.88. The maximum Gasteiger partial charge on any atom is 0.266 e. The highest BCUT2D eigenvalue weighted by molar-refractivity contribution is 6.30. The summed E-state index contributed by atoms with van der Waals surface area (Å²) in [6.07, 6.45) is 3.66. The van der Waals surface area contributed by atoms with Gasteiger partial charge < -0.3 is 14.8 Å². The van der Waals surface area contributed by atoms with Crippen LogP contribution in [0.2, 0.25) is 5.02 Å². The van der Waals surface area contributed by atoms with Crippen molar-refractivity contribution in [1.29, 1.82) is 5.26 Å². The van der Waals surface area contributed by atoms with Crippen LogP contribution in [0.1, 0.15) is 16.7 Å². The van der Waals surface area contributed by atoms with Gasteiger partial charge in [-0.3, -0.25) is 4.79 Å². The Bertz CT molecular complexity index is 1250. The molecule has 0 spiro atoms. The van der Waals surface area contributed by atoms with Crippen molar-refractivity contribution < 1.29 is 18.7 Å². The number of rotatable bonds is 9. The lowest BCUT2D eigenvalue weighted by molar-refractivity contribution is -0.112. The van der Waals surface area contributed by atoms with Crippen molar-refractivity contribution in [2.75, 3.05) is 12.4 Å². The first-order valence-corrected chi connectivity index (χ1v) is 10.7. The number of nitrogens with one attached hydrogen (secondary N) is 1. The van der Waals surface area contributed by atoms with Crippen molar-refractivity contribution in [3.05, 3.63) is 106 Å². The number of ether oxygens (including phenoxy) is 2. The molecular weight excluding hydrogens is 455 g/mol. The molecular formula is C27H22ClFN2O3. The first-order chi connectivity index (χ1) is 16.4. The number of anilines is 1. The second-order valence-electron chi connectivity index (χ2n) is 7.25. The summed E-state index contributed by atoms with van der Waals surface area (Å²) in [6, 6.07) is 18.0. The van der Waals surface area contributed by atoms with Crippen LogP contribution in [-0.4, -0.2) is 13.0 Å². The largest absolute Gasteiger partial charge is 0.493 e. The van der Waals surface area contributed by atoms with Crippen LogP contribution in [-0.2, 0) is 17.8 Å². The number of nitriles is 1. The zero-order chi connectivity index (χ0) is 24.5. The fraction of sp³-hybridized carbons (Fsp3) is 0.111. The number of nitrogens with zero attached hydrogens (tertiary/aromatic N) is 1. The molecule has 0 fully saturated rings. The van der Waals surface area contributed by atoms with Crippen LogP contribution in [0.25, 0.3) is 6.08 Å². The van der Waals surface area contributed by atoms with Gasteiger partial charge in [-0.05, 0) is 72.2 Å². The zero-order valence-corrected chi connectivity index (χ0v) is 19.2. The Morgan fingerprint density at radius 3 is 2.50 bits per heavy atom. The topological polar surface area (TPSA) is 71.4 Å². The molecule has 0 radical (unpaired) electrons. The van der Waals surface area contributed by atoms with Crippen molar-refractivity contribution in [2.45, 2.75) is 13.0 Å². The number of methoxy groups -OCH3 is 1. The monoisotopic (exact) mass is 476 g/mol. The van der Waals surface area contributed by atoms with Crippen LogP contribution in [0.4, 0.5) is 10.1 Å². The van der Waals surface area contributed by atoms with E-state index in [9.17, 15) is 14.4 Å². The molecule has 0 aliphatic carbocycles. The lowest BCUT2D eigenvalue weighted by atomic mass is 10.0. The summed E-state index contributed by atoms with van der Waals surface area (Å²) in [5.74, 6) is 0.0695. The van der Waals surface area contributed by atoms with E-state index in [1.54, 1.807) is 54.6 Å². The summed E-state index contributed by atoms with van der Waals surface area (Å²) in [4.78, 5) is 12.6. The predicted octanol–water partition coefficient (Wildman–Crippen LogP) is 6.34. The third-order valence-electron chi connectivity index (χ3n) is 4.81. The molecule has 172 valence electrons. The van der Waals surface area contributed by atoms with Gasteiger partial charge in [-0.2, -0.15) is 5.26 Å². The second-order valence-corrected chi connectivity index (χ2v) is 7.69.